The summed E-state index contributed by atoms with van der Waals surface area (Å²) in [6.45, 7) is 8.25. The fraction of sp³-hybridized carbons (Fsp3) is 0.556. The van der Waals surface area contributed by atoms with Gasteiger partial charge in [0.2, 0.25) is 0 Å². The molecule has 1 atom stereocenters. The summed E-state index contributed by atoms with van der Waals surface area (Å²) in [5, 5.41) is 4.97. The predicted octanol–water partition coefficient (Wildman–Crippen LogP) is 3.38. The molecule has 2 aromatic rings. The van der Waals surface area contributed by atoms with Crippen LogP contribution in [-0.4, -0.2) is 36.1 Å². The van der Waals surface area contributed by atoms with Crippen molar-refractivity contribution in [3.8, 4) is 0 Å². The molecule has 1 unspecified atom stereocenters. The molecule has 0 radical (unpaired) electrons. The second-order valence-electron chi connectivity index (χ2n) is 6.45. The van der Waals surface area contributed by atoms with Gasteiger partial charge >= 0.3 is 0 Å². The zero-order valence-electron chi connectivity index (χ0n) is 13.1. The van der Waals surface area contributed by atoms with Gasteiger partial charge in [-0.2, -0.15) is 0 Å². The zero-order valence-corrected chi connectivity index (χ0v) is 13.1. The molecule has 0 saturated carbocycles. The van der Waals surface area contributed by atoms with E-state index in [1.54, 1.807) is 0 Å². The number of aromatic amines is 1. The van der Waals surface area contributed by atoms with Crippen molar-refractivity contribution in [3.63, 3.8) is 0 Å². The van der Waals surface area contributed by atoms with E-state index in [0.29, 0.717) is 5.92 Å². The summed E-state index contributed by atoms with van der Waals surface area (Å²) in [5.74, 6) is 0.716. The van der Waals surface area contributed by atoms with Gasteiger partial charge in [-0.3, -0.25) is 0 Å². The van der Waals surface area contributed by atoms with Gasteiger partial charge in [-0.25, -0.2) is 0 Å². The Bertz CT molecular complexity index is 554. The van der Waals surface area contributed by atoms with Crippen molar-refractivity contribution < 1.29 is 0 Å². The van der Waals surface area contributed by atoms with Crippen molar-refractivity contribution in [2.75, 3.05) is 26.2 Å². The van der Waals surface area contributed by atoms with Gasteiger partial charge in [-0.1, -0.05) is 25.5 Å². The summed E-state index contributed by atoms with van der Waals surface area (Å²) in [6.07, 6.45) is 6.21. The fourth-order valence-electron chi connectivity index (χ4n) is 3.41. The molecule has 0 bridgehead atoms. The average Bonchev–Trinajstić information content (AvgIpc) is 2.97. The number of hydrogen-bond donors (Lipinski definition) is 2. The third kappa shape index (κ3) is 3.86. The lowest BCUT2D eigenvalue weighted by Gasteiger charge is -2.29. The molecule has 0 amide bonds. The van der Waals surface area contributed by atoms with Crippen molar-refractivity contribution >= 4 is 10.9 Å². The van der Waals surface area contributed by atoms with Crippen molar-refractivity contribution in [2.45, 2.75) is 32.7 Å². The first-order valence-electron chi connectivity index (χ1n) is 8.31. The van der Waals surface area contributed by atoms with E-state index in [4.69, 9.17) is 0 Å². The number of nitrogens with zero attached hydrogens (tertiary/aromatic N) is 1. The lowest BCUT2D eigenvalue weighted by atomic mass is 10.1. The van der Waals surface area contributed by atoms with E-state index in [9.17, 15) is 0 Å². The highest BCUT2D eigenvalue weighted by molar-refractivity contribution is 5.82. The summed E-state index contributed by atoms with van der Waals surface area (Å²) >= 11 is 0. The van der Waals surface area contributed by atoms with Crippen LogP contribution in [0.3, 0.4) is 0 Å². The van der Waals surface area contributed by atoms with Gasteiger partial charge in [0.1, 0.15) is 0 Å². The standard InChI is InChI=1S/C18H27N3/c1-15(14-21-10-3-2-4-11-21)12-19-13-16-6-5-7-18-17(16)8-9-20-18/h5-9,15,19-20H,2-4,10-14H2,1H3. The SMILES string of the molecule is CC(CNCc1cccc2[nH]ccc12)CN1CCCCC1. The van der Waals surface area contributed by atoms with Crippen molar-refractivity contribution in [2.24, 2.45) is 5.92 Å². The Kier molecular flexibility index (Phi) is 4.94. The van der Waals surface area contributed by atoms with Crippen LogP contribution < -0.4 is 5.32 Å². The summed E-state index contributed by atoms with van der Waals surface area (Å²) in [6, 6.07) is 8.66. The third-order valence-corrected chi connectivity index (χ3v) is 4.51. The highest BCUT2D eigenvalue weighted by Gasteiger charge is 2.13. The molecule has 1 fully saturated rings. The number of rotatable bonds is 6. The van der Waals surface area contributed by atoms with Crippen molar-refractivity contribution in [1.29, 1.82) is 0 Å². The van der Waals surface area contributed by atoms with Gasteiger partial charge < -0.3 is 15.2 Å². The molecule has 21 heavy (non-hydrogen) atoms. The Morgan fingerprint density at radius 2 is 2.05 bits per heavy atom. The first-order valence-corrected chi connectivity index (χ1v) is 8.31. The van der Waals surface area contributed by atoms with Crippen LogP contribution >= 0.6 is 0 Å². The fourth-order valence-corrected chi connectivity index (χ4v) is 3.41. The quantitative estimate of drug-likeness (QED) is 0.852. The smallest absolute Gasteiger partial charge is 0.0457 e. The van der Waals surface area contributed by atoms with E-state index in [1.807, 2.05) is 6.20 Å². The zero-order chi connectivity index (χ0) is 14.5. The van der Waals surface area contributed by atoms with Gasteiger partial charge in [0.05, 0.1) is 0 Å². The summed E-state index contributed by atoms with van der Waals surface area (Å²) < 4.78 is 0. The van der Waals surface area contributed by atoms with E-state index >= 15 is 0 Å². The third-order valence-electron chi connectivity index (χ3n) is 4.51. The van der Waals surface area contributed by atoms with E-state index < -0.39 is 0 Å². The van der Waals surface area contributed by atoms with Crippen molar-refractivity contribution in [3.05, 3.63) is 36.0 Å². The molecular weight excluding hydrogens is 258 g/mol. The topological polar surface area (TPSA) is 31.1 Å². The normalized spacial score (nSPS) is 18.1. The Hall–Kier alpha value is -1.32. The molecule has 1 aliphatic heterocycles. The number of likely N-dealkylation sites (tertiary alicyclic amines) is 1. The molecule has 3 heteroatoms. The molecule has 2 N–H and O–H groups in total. The van der Waals surface area contributed by atoms with Crippen LogP contribution in [0.4, 0.5) is 0 Å². The van der Waals surface area contributed by atoms with Crippen LogP contribution in [0, 0.1) is 5.92 Å². The maximum absolute atomic E-state index is 3.63. The van der Waals surface area contributed by atoms with Crippen LogP contribution in [-0.2, 0) is 6.54 Å². The summed E-state index contributed by atoms with van der Waals surface area (Å²) in [4.78, 5) is 5.91. The van der Waals surface area contributed by atoms with Gasteiger partial charge in [0.15, 0.2) is 0 Å². The monoisotopic (exact) mass is 285 g/mol. The highest BCUT2D eigenvalue weighted by Crippen LogP contribution is 2.17. The van der Waals surface area contributed by atoms with E-state index in [2.05, 4.69) is 46.4 Å². The second-order valence-corrected chi connectivity index (χ2v) is 6.45. The molecule has 114 valence electrons. The number of fused-ring (bicyclic) bond motifs is 1. The molecule has 3 nitrogen and oxygen atoms in total. The Morgan fingerprint density at radius 3 is 2.90 bits per heavy atom. The molecule has 1 aromatic heterocycles. The highest BCUT2D eigenvalue weighted by atomic mass is 15.1. The number of aromatic nitrogens is 1. The predicted molar refractivity (Wildman–Crippen MR) is 89.5 cm³/mol. The van der Waals surface area contributed by atoms with Gasteiger partial charge in [-0.15, -0.1) is 0 Å². The second kappa shape index (κ2) is 7.10. The lowest BCUT2D eigenvalue weighted by Crippen LogP contribution is -2.36. The Labute approximate surface area is 127 Å². The molecular formula is C18H27N3. The number of piperidine rings is 1. The molecule has 1 aromatic carbocycles. The lowest BCUT2D eigenvalue weighted by molar-refractivity contribution is 0.199. The number of nitrogens with one attached hydrogen (secondary N) is 2. The molecule has 3 rings (SSSR count). The Balaban J connectivity index is 1.46. The van der Waals surface area contributed by atoms with E-state index in [-0.39, 0.29) is 0 Å². The van der Waals surface area contributed by atoms with E-state index in [0.717, 1.165) is 13.1 Å². The molecule has 0 spiro atoms. The van der Waals surface area contributed by atoms with Crippen LogP contribution in [0.1, 0.15) is 31.7 Å². The van der Waals surface area contributed by atoms with Gasteiger partial charge in [-0.05, 0) is 56.1 Å². The van der Waals surface area contributed by atoms with Gasteiger partial charge in [0.25, 0.3) is 0 Å². The molecule has 1 aliphatic rings. The number of benzene rings is 1. The number of H-pyrrole nitrogens is 1. The van der Waals surface area contributed by atoms with Crippen LogP contribution in [0.2, 0.25) is 0 Å². The molecule has 0 aliphatic carbocycles. The average molecular weight is 285 g/mol. The van der Waals surface area contributed by atoms with Crippen LogP contribution in [0.15, 0.2) is 30.5 Å². The number of hydrogen-bond acceptors (Lipinski definition) is 2. The maximum atomic E-state index is 3.63. The molecule has 2 heterocycles. The largest absolute Gasteiger partial charge is 0.361 e. The van der Waals surface area contributed by atoms with E-state index in [1.165, 1.54) is 55.4 Å². The molecule has 1 saturated heterocycles. The summed E-state index contributed by atoms with van der Waals surface area (Å²) in [7, 11) is 0. The Morgan fingerprint density at radius 1 is 1.19 bits per heavy atom. The first kappa shape index (κ1) is 14.6. The first-order chi connectivity index (χ1) is 10.3. The minimum atomic E-state index is 0.716. The maximum Gasteiger partial charge on any atom is 0.0457 e. The van der Waals surface area contributed by atoms with Crippen LogP contribution in [0.5, 0.6) is 0 Å². The van der Waals surface area contributed by atoms with Crippen LogP contribution in [0.25, 0.3) is 10.9 Å². The van der Waals surface area contributed by atoms with Crippen molar-refractivity contribution in [1.82, 2.24) is 15.2 Å². The summed E-state index contributed by atoms with van der Waals surface area (Å²) in [5.41, 5.74) is 2.62. The minimum absolute atomic E-state index is 0.716. The van der Waals surface area contributed by atoms with Gasteiger partial charge in [0, 0.05) is 30.2 Å². The minimum Gasteiger partial charge on any atom is -0.361 e.